The SMILES string of the molecule is Cc1cc(-c2ccnc3c2C(C)CN3)cc(F)c1C1CCN(C(=O)CN)CC1. The van der Waals surface area contributed by atoms with Gasteiger partial charge in [-0.15, -0.1) is 0 Å². The Hall–Kier alpha value is -2.47. The Kier molecular flexibility index (Phi) is 5.06. The second-order valence-corrected chi connectivity index (χ2v) is 7.95. The van der Waals surface area contributed by atoms with Crippen molar-refractivity contribution in [1.82, 2.24) is 9.88 Å². The lowest BCUT2D eigenvalue weighted by Gasteiger charge is -2.33. The summed E-state index contributed by atoms with van der Waals surface area (Å²) >= 11 is 0. The van der Waals surface area contributed by atoms with Crippen molar-refractivity contribution in [3.05, 3.63) is 46.9 Å². The first kappa shape index (κ1) is 18.9. The molecular formula is C22H27FN4O. The van der Waals surface area contributed by atoms with Crippen molar-refractivity contribution in [3.63, 3.8) is 0 Å². The standard InChI is InChI=1S/C22H27FN4O/c1-13-9-16(17-3-6-25-22-21(17)14(2)12-26-22)10-18(23)20(13)15-4-7-27(8-5-15)19(28)11-24/h3,6,9-10,14-15H,4-5,7-8,11-12,24H2,1-2H3,(H,25,26). The van der Waals surface area contributed by atoms with Gasteiger partial charge >= 0.3 is 0 Å². The molecule has 1 saturated heterocycles. The van der Waals surface area contributed by atoms with E-state index in [2.05, 4.69) is 23.3 Å². The molecule has 6 heteroatoms. The summed E-state index contributed by atoms with van der Waals surface area (Å²) in [5.74, 6) is 1.22. The molecule has 2 aromatic rings. The summed E-state index contributed by atoms with van der Waals surface area (Å²) < 4.78 is 15.2. The molecule has 3 heterocycles. The maximum absolute atomic E-state index is 15.2. The number of anilines is 1. The number of aromatic nitrogens is 1. The average molecular weight is 382 g/mol. The lowest BCUT2D eigenvalue weighted by Crippen LogP contribution is -2.41. The van der Waals surface area contributed by atoms with Crippen LogP contribution < -0.4 is 11.1 Å². The number of halogens is 1. The Bertz CT molecular complexity index is 882. The number of likely N-dealkylation sites (tertiary alicyclic amines) is 1. The van der Waals surface area contributed by atoms with Gasteiger partial charge in [-0.25, -0.2) is 9.37 Å². The smallest absolute Gasteiger partial charge is 0.236 e. The number of aryl methyl sites for hydroxylation is 1. The Morgan fingerprint density at radius 2 is 2.07 bits per heavy atom. The maximum atomic E-state index is 15.2. The molecule has 1 atom stereocenters. The molecule has 2 aliphatic rings. The zero-order valence-corrected chi connectivity index (χ0v) is 16.5. The number of hydrogen-bond acceptors (Lipinski definition) is 4. The third-order valence-corrected chi connectivity index (χ3v) is 6.14. The zero-order valence-electron chi connectivity index (χ0n) is 16.5. The molecule has 0 saturated carbocycles. The number of nitrogens with two attached hydrogens (primary N) is 1. The van der Waals surface area contributed by atoms with Crippen molar-refractivity contribution in [1.29, 1.82) is 0 Å². The summed E-state index contributed by atoms with van der Waals surface area (Å²) in [7, 11) is 0. The fraction of sp³-hybridized carbons (Fsp3) is 0.455. The number of nitrogens with zero attached hydrogens (tertiary/aromatic N) is 2. The first-order valence-corrected chi connectivity index (χ1v) is 10.0. The normalized spacial score (nSPS) is 19.4. The van der Waals surface area contributed by atoms with Gasteiger partial charge in [0.15, 0.2) is 0 Å². The number of nitrogens with one attached hydrogen (secondary N) is 1. The Balaban J connectivity index is 1.63. The Morgan fingerprint density at radius 1 is 1.32 bits per heavy atom. The molecule has 1 aromatic carbocycles. The van der Waals surface area contributed by atoms with E-state index in [0.29, 0.717) is 19.0 Å². The first-order valence-electron chi connectivity index (χ1n) is 10.0. The molecule has 28 heavy (non-hydrogen) atoms. The van der Waals surface area contributed by atoms with Crippen molar-refractivity contribution in [2.45, 2.75) is 38.5 Å². The summed E-state index contributed by atoms with van der Waals surface area (Å²) in [5.41, 5.74) is 10.4. The molecule has 1 fully saturated rings. The van der Waals surface area contributed by atoms with Gasteiger partial charge in [0.2, 0.25) is 5.91 Å². The van der Waals surface area contributed by atoms with Gasteiger partial charge in [-0.3, -0.25) is 4.79 Å². The van der Waals surface area contributed by atoms with Gasteiger partial charge in [0.1, 0.15) is 11.6 Å². The van der Waals surface area contributed by atoms with Gasteiger partial charge in [-0.2, -0.15) is 0 Å². The van der Waals surface area contributed by atoms with Crippen LogP contribution in [0.15, 0.2) is 24.4 Å². The number of piperidine rings is 1. The third-order valence-electron chi connectivity index (χ3n) is 6.14. The van der Waals surface area contributed by atoms with E-state index >= 15 is 4.39 Å². The second-order valence-electron chi connectivity index (χ2n) is 7.95. The number of hydrogen-bond donors (Lipinski definition) is 2. The third kappa shape index (κ3) is 3.26. The van der Waals surface area contributed by atoms with Gasteiger partial charge in [-0.05, 0) is 60.1 Å². The highest BCUT2D eigenvalue weighted by Gasteiger charge is 2.28. The largest absolute Gasteiger partial charge is 0.369 e. The van der Waals surface area contributed by atoms with Gasteiger partial charge in [-0.1, -0.05) is 13.0 Å². The summed E-state index contributed by atoms with van der Waals surface area (Å²) in [6.07, 6.45) is 3.33. The lowest BCUT2D eigenvalue weighted by atomic mass is 9.84. The molecule has 0 radical (unpaired) electrons. The Morgan fingerprint density at radius 3 is 2.75 bits per heavy atom. The predicted molar refractivity (Wildman–Crippen MR) is 109 cm³/mol. The van der Waals surface area contributed by atoms with Crippen molar-refractivity contribution in [3.8, 4) is 11.1 Å². The predicted octanol–water partition coefficient (Wildman–Crippen LogP) is 3.39. The van der Waals surface area contributed by atoms with E-state index in [1.54, 1.807) is 17.2 Å². The summed E-state index contributed by atoms with van der Waals surface area (Å²) in [6, 6.07) is 5.74. The highest BCUT2D eigenvalue weighted by molar-refractivity contribution is 5.78. The van der Waals surface area contributed by atoms with Crippen LogP contribution in [0.1, 0.15) is 48.3 Å². The van der Waals surface area contributed by atoms with Crippen molar-refractivity contribution in [2.75, 3.05) is 31.5 Å². The van der Waals surface area contributed by atoms with Crippen molar-refractivity contribution in [2.24, 2.45) is 5.73 Å². The molecule has 1 aromatic heterocycles. The van der Waals surface area contributed by atoms with E-state index in [1.165, 1.54) is 5.56 Å². The minimum Gasteiger partial charge on any atom is -0.369 e. The van der Waals surface area contributed by atoms with E-state index in [9.17, 15) is 4.79 Å². The van der Waals surface area contributed by atoms with Gasteiger partial charge in [0, 0.05) is 37.3 Å². The average Bonchev–Trinajstić information content (AvgIpc) is 3.08. The van der Waals surface area contributed by atoms with E-state index in [4.69, 9.17) is 5.73 Å². The molecule has 1 amide bonds. The molecule has 148 valence electrons. The van der Waals surface area contributed by atoms with Crippen molar-refractivity contribution < 1.29 is 9.18 Å². The molecule has 3 N–H and O–H groups in total. The van der Waals surface area contributed by atoms with Crippen LogP contribution in [0, 0.1) is 12.7 Å². The number of fused-ring (bicyclic) bond motifs is 1. The Labute approximate surface area is 165 Å². The molecule has 5 nitrogen and oxygen atoms in total. The van der Waals surface area contributed by atoms with Crippen molar-refractivity contribution >= 4 is 11.7 Å². The molecule has 1 unspecified atom stereocenters. The van der Waals surface area contributed by atoms with Gasteiger partial charge < -0.3 is 16.0 Å². The second kappa shape index (κ2) is 7.51. The van der Waals surface area contributed by atoms with E-state index in [1.807, 2.05) is 13.0 Å². The van der Waals surface area contributed by atoms with E-state index < -0.39 is 0 Å². The number of carbonyl (C=O) groups is 1. The molecular weight excluding hydrogens is 355 g/mol. The van der Waals surface area contributed by atoms with E-state index in [0.717, 1.165) is 47.5 Å². The minimum atomic E-state index is -0.150. The van der Waals surface area contributed by atoms with Crippen LogP contribution in [0.5, 0.6) is 0 Å². The summed E-state index contributed by atoms with van der Waals surface area (Å²) in [4.78, 5) is 18.0. The van der Waals surface area contributed by atoms with Crippen LogP contribution >= 0.6 is 0 Å². The number of rotatable bonds is 3. The summed E-state index contributed by atoms with van der Waals surface area (Å²) in [5, 5.41) is 3.32. The van der Waals surface area contributed by atoms with E-state index in [-0.39, 0.29) is 24.2 Å². The number of amides is 1. The van der Waals surface area contributed by atoms with Crippen LogP contribution in [0.4, 0.5) is 10.2 Å². The number of carbonyl (C=O) groups excluding carboxylic acids is 1. The van der Waals surface area contributed by atoms with Crippen LogP contribution in [-0.4, -0.2) is 42.0 Å². The maximum Gasteiger partial charge on any atom is 0.236 e. The number of pyridine rings is 1. The molecule has 0 bridgehead atoms. The zero-order chi connectivity index (χ0) is 19.8. The summed E-state index contributed by atoms with van der Waals surface area (Å²) in [6.45, 7) is 6.33. The number of benzene rings is 1. The highest BCUT2D eigenvalue weighted by atomic mass is 19.1. The molecule has 2 aliphatic heterocycles. The molecule has 4 rings (SSSR count). The van der Waals surface area contributed by atoms with Gasteiger partial charge in [0.05, 0.1) is 6.54 Å². The topological polar surface area (TPSA) is 71.2 Å². The van der Waals surface area contributed by atoms with Gasteiger partial charge in [0.25, 0.3) is 0 Å². The van der Waals surface area contributed by atoms with Crippen LogP contribution in [-0.2, 0) is 4.79 Å². The lowest BCUT2D eigenvalue weighted by molar-refractivity contribution is -0.130. The van der Waals surface area contributed by atoms with Crippen LogP contribution in [0.3, 0.4) is 0 Å². The monoisotopic (exact) mass is 382 g/mol. The quantitative estimate of drug-likeness (QED) is 0.854. The highest BCUT2D eigenvalue weighted by Crippen LogP contribution is 2.40. The fourth-order valence-electron chi connectivity index (χ4n) is 4.69. The van der Waals surface area contributed by atoms with Crippen LogP contribution in [0.25, 0.3) is 11.1 Å². The molecule has 0 spiro atoms. The fourth-order valence-corrected chi connectivity index (χ4v) is 4.69. The molecule has 0 aliphatic carbocycles. The van der Waals surface area contributed by atoms with Crippen LogP contribution in [0.2, 0.25) is 0 Å². The first-order chi connectivity index (χ1) is 13.5. The minimum absolute atomic E-state index is 0.0275.